The summed E-state index contributed by atoms with van der Waals surface area (Å²) in [6.45, 7) is 4.93. The number of anilines is 3. The summed E-state index contributed by atoms with van der Waals surface area (Å²) in [7, 11) is 0. The lowest BCUT2D eigenvalue weighted by molar-refractivity contribution is 1.11. The minimum absolute atomic E-state index is 0.771. The lowest BCUT2D eigenvalue weighted by Crippen LogP contribution is -2.01. The van der Waals surface area contributed by atoms with Crippen LogP contribution in [0.1, 0.15) is 12.5 Å². The zero-order chi connectivity index (χ0) is 13.0. The molecule has 1 aromatic carbocycles. The number of benzene rings is 1. The number of nitrogens with zero attached hydrogens (tertiary/aromatic N) is 2. The van der Waals surface area contributed by atoms with Gasteiger partial charge in [-0.25, -0.2) is 9.97 Å². The van der Waals surface area contributed by atoms with Crippen molar-refractivity contribution in [3.05, 3.63) is 40.6 Å². The number of halogens is 1. The third kappa shape index (κ3) is 3.20. The number of hydrogen-bond donors (Lipinski definition) is 2. The van der Waals surface area contributed by atoms with Gasteiger partial charge in [-0.2, -0.15) is 0 Å². The van der Waals surface area contributed by atoms with Crippen LogP contribution in [0.25, 0.3) is 0 Å². The minimum atomic E-state index is 0.771. The first-order chi connectivity index (χ1) is 8.69. The van der Waals surface area contributed by atoms with E-state index in [9.17, 15) is 0 Å². The largest absolute Gasteiger partial charge is 0.370 e. The topological polar surface area (TPSA) is 49.8 Å². The van der Waals surface area contributed by atoms with Crippen LogP contribution in [0.2, 0.25) is 0 Å². The monoisotopic (exact) mass is 306 g/mol. The van der Waals surface area contributed by atoms with Crippen molar-refractivity contribution in [3.63, 3.8) is 0 Å². The molecule has 94 valence electrons. The molecule has 0 saturated carbocycles. The van der Waals surface area contributed by atoms with Crippen molar-refractivity contribution in [3.8, 4) is 0 Å². The number of aromatic nitrogens is 2. The maximum Gasteiger partial charge on any atom is 0.135 e. The fourth-order valence-corrected chi connectivity index (χ4v) is 1.92. The average molecular weight is 307 g/mol. The number of nitrogens with one attached hydrogen (secondary N) is 2. The Hall–Kier alpha value is -1.62. The van der Waals surface area contributed by atoms with Crippen LogP contribution in [-0.2, 0) is 0 Å². The molecule has 0 bridgehead atoms. The molecule has 2 N–H and O–H groups in total. The lowest BCUT2D eigenvalue weighted by Gasteiger charge is -2.09. The standard InChI is InChI=1S/C13H15BrN4/c1-3-15-12-7-13(17-8-16-12)18-11-6-9(2)4-5-10(11)14/h4-8H,3H2,1-2H3,(H2,15,16,17,18). The van der Waals surface area contributed by atoms with Gasteiger partial charge in [0.2, 0.25) is 0 Å². The van der Waals surface area contributed by atoms with Crippen LogP contribution in [0.3, 0.4) is 0 Å². The van der Waals surface area contributed by atoms with E-state index in [4.69, 9.17) is 0 Å². The van der Waals surface area contributed by atoms with Gasteiger partial charge in [0.1, 0.15) is 18.0 Å². The normalized spacial score (nSPS) is 10.2. The fraction of sp³-hybridized carbons (Fsp3) is 0.231. The number of aryl methyl sites for hydroxylation is 1. The van der Waals surface area contributed by atoms with Gasteiger partial charge in [-0.15, -0.1) is 0 Å². The van der Waals surface area contributed by atoms with Gasteiger partial charge in [0.15, 0.2) is 0 Å². The Morgan fingerprint density at radius 3 is 2.72 bits per heavy atom. The SMILES string of the molecule is CCNc1cc(Nc2cc(C)ccc2Br)ncn1. The molecule has 0 fully saturated rings. The van der Waals surface area contributed by atoms with Gasteiger partial charge in [0, 0.05) is 17.1 Å². The maximum absolute atomic E-state index is 4.20. The molecule has 0 aliphatic heterocycles. The van der Waals surface area contributed by atoms with E-state index in [1.165, 1.54) is 5.56 Å². The van der Waals surface area contributed by atoms with Crippen LogP contribution < -0.4 is 10.6 Å². The summed E-state index contributed by atoms with van der Waals surface area (Å²) in [5.74, 6) is 1.59. The Morgan fingerprint density at radius 1 is 1.17 bits per heavy atom. The highest BCUT2D eigenvalue weighted by molar-refractivity contribution is 9.10. The van der Waals surface area contributed by atoms with E-state index in [1.807, 2.05) is 19.1 Å². The van der Waals surface area contributed by atoms with Gasteiger partial charge in [-0.3, -0.25) is 0 Å². The molecule has 0 amide bonds. The van der Waals surface area contributed by atoms with Gasteiger partial charge < -0.3 is 10.6 Å². The molecule has 18 heavy (non-hydrogen) atoms. The molecule has 2 rings (SSSR count). The molecular formula is C13H15BrN4. The van der Waals surface area contributed by atoms with Crippen molar-refractivity contribution >= 4 is 33.3 Å². The second-order valence-corrected chi connectivity index (χ2v) is 4.78. The molecular weight excluding hydrogens is 292 g/mol. The van der Waals surface area contributed by atoms with Crippen molar-refractivity contribution in [1.82, 2.24) is 9.97 Å². The molecule has 0 radical (unpaired) electrons. The molecule has 4 nitrogen and oxygen atoms in total. The van der Waals surface area contributed by atoms with Gasteiger partial charge in [0.05, 0.1) is 5.69 Å². The quantitative estimate of drug-likeness (QED) is 0.904. The van der Waals surface area contributed by atoms with Crippen molar-refractivity contribution in [2.24, 2.45) is 0 Å². The zero-order valence-corrected chi connectivity index (χ0v) is 12.0. The van der Waals surface area contributed by atoms with E-state index in [1.54, 1.807) is 6.33 Å². The first kappa shape index (κ1) is 12.8. The summed E-state index contributed by atoms with van der Waals surface area (Å²) < 4.78 is 1.01. The summed E-state index contributed by atoms with van der Waals surface area (Å²) in [6, 6.07) is 8.03. The van der Waals surface area contributed by atoms with Crippen molar-refractivity contribution in [2.45, 2.75) is 13.8 Å². The van der Waals surface area contributed by atoms with E-state index < -0.39 is 0 Å². The molecule has 0 spiro atoms. The smallest absolute Gasteiger partial charge is 0.135 e. The lowest BCUT2D eigenvalue weighted by atomic mass is 10.2. The maximum atomic E-state index is 4.20. The highest BCUT2D eigenvalue weighted by Gasteiger charge is 2.02. The third-order valence-electron chi connectivity index (χ3n) is 2.41. The van der Waals surface area contributed by atoms with E-state index in [0.717, 1.165) is 28.3 Å². The van der Waals surface area contributed by atoms with E-state index in [-0.39, 0.29) is 0 Å². The van der Waals surface area contributed by atoms with E-state index in [2.05, 4.69) is 55.6 Å². The summed E-state index contributed by atoms with van der Waals surface area (Å²) in [6.07, 6.45) is 1.55. The second kappa shape index (κ2) is 5.82. The summed E-state index contributed by atoms with van der Waals surface area (Å²) in [5, 5.41) is 6.43. The molecule has 2 aromatic rings. The van der Waals surface area contributed by atoms with Crippen LogP contribution >= 0.6 is 15.9 Å². The molecule has 0 aliphatic carbocycles. The molecule has 0 unspecified atom stereocenters. The average Bonchev–Trinajstić information content (AvgIpc) is 2.35. The van der Waals surface area contributed by atoms with Gasteiger partial charge in [-0.1, -0.05) is 6.07 Å². The fourth-order valence-electron chi connectivity index (χ4n) is 1.58. The molecule has 1 aromatic heterocycles. The Balaban J connectivity index is 2.22. The molecule has 0 saturated heterocycles. The molecule has 1 heterocycles. The Bertz CT molecular complexity index is 542. The van der Waals surface area contributed by atoms with Crippen LogP contribution in [0.15, 0.2) is 35.1 Å². The predicted molar refractivity (Wildman–Crippen MR) is 78.4 cm³/mol. The minimum Gasteiger partial charge on any atom is -0.370 e. The van der Waals surface area contributed by atoms with Gasteiger partial charge >= 0.3 is 0 Å². The van der Waals surface area contributed by atoms with Crippen molar-refractivity contribution in [1.29, 1.82) is 0 Å². The number of rotatable bonds is 4. The molecule has 5 heteroatoms. The van der Waals surface area contributed by atoms with Crippen molar-refractivity contribution in [2.75, 3.05) is 17.2 Å². The first-order valence-electron chi connectivity index (χ1n) is 5.78. The zero-order valence-electron chi connectivity index (χ0n) is 10.4. The number of hydrogen-bond acceptors (Lipinski definition) is 4. The highest BCUT2D eigenvalue weighted by atomic mass is 79.9. The Kier molecular flexibility index (Phi) is 4.15. The summed E-state index contributed by atoms with van der Waals surface area (Å²) >= 11 is 3.52. The molecule has 0 atom stereocenters. The van der Waals surface area contributed by atoms with Crippen LogP contribution in [0, 0.1) is 6.92 Å². The third-order valence-corrected chi connectivity index (χ3v) is 3.10. The predicted octanol–water partition coefficient (Wildman–Crippen LogP) is 3.72. The second-order valence-electron chi connectivity index (χ2n) is 3.93. The Labute approximate surface area is 115 Å². The summed E-state index contributed by atoms with van der Waals surface area (Å²) in [5.41, 5.74) is 2.19. The molecule has 0 aliphatic rings. The van der Waals surface area contributed by atoms with E-state index in [0.29, 0.717) is 0 Å². The van der Waals surface area contributed by atoms with Crippen molar-refractivity contribution < 1.29 is 0 Å². The van der Waals surface area contributed by atoms with Gasteiger partial charge in [-0.05, 0) is 47.5 Å². The first-order valence-corrected chi connectivity index (χ1v) is 6.57. The Morgan fingerprint density at radius 2 is 1.94 bits per heavy atom. The van der Waals surface area contributed by atoms with Crippen LogP contribution in [0.5, 0.6) is 0 Å². The van der Waals surface area contributed by atoms with E-state index >= 15 is 0 Å². The summed E-state index contributed by atoms with van der Waals surface area (Å²) in [4.78, 5) is 8.34. The van der Waals surface area contributed by atoms with Crippen LogP contribution in [-0.4, -0.2) is 16.5 Å². The highest BCUT2D eigenvalue weighted by Crippen LogP contribution is 2.26. The van der Waals surface area contributed by atoms with Crippen LogP contribution in [0.4, 0.5) is 17.3 Å². The van der Waals surface area contributed by atoms with Gasteiger partial charge in [0.25, 0.3) is 0 Å².